The van der Waals surface area contributed by atoms with Crippen LogP contribution in [0.1, 0.15) is 12.0 Å². The summed E-state index contributed by atoms with van der Waals surface area (Å²) in [5.41, 5.74) is 1.26. The van der Waals surface area contributed by atoms with Crippen molar-refractivity contribution >= 4 is 13.9 Å². The number of ether oxygens (including phenoxy) is 1. The van der Waals surface area contributed by atoms with Crippen LogP contribution in [0.4, 0.5) is 0 Å². The summed E-state index contributed by atoms with van der Waals surface area (Å²) in [4.78, 5) is 22.8. The summed E-state index contributed by atoms with van der Waals surface area (Å²) in [6, 6.07) is 5.69. The quantitative estimate of drug-likeness (QED) is 0.244. The maximum atomic E-state index is 11.4. The van der Waals surface area contributed by atoms with Crippen molar-refractivity contribution in [3.63, 3.8) is 0 Å². The van der Waals surface area contributed by atoms with Crippen LogP contribution in [-0.2, 0) is 15.9 Å². The molecule has 1 aromatic rings. The van der Waals surface area contributed by atoms with Crippen molar-refractivity contribution in [2.24, 2.45) is 4.99 Å². The van der Waals surface area contributed by atoms with Crippen LogP contribution < -0.4 is 73.6 Å². The molecule has 2 rings (SSSR count). The summed E-state index contributed by atoms with van der Waals surface area (Å²) in [6.45, 7) is -0.00250. The predicted octanol–water partition coefficient (Wildman–Crippen LogP) is -5.39. The minimum atomic E-state index is -4.81. The van der Waals surface area contributed by atoms with E-state index in [1.165, 1.54) is 24.3 Å². The van der Waals surface area contributed by atoms with E-state index in [9.17, 15) is 14.6 Å². The van der Waals surface area contributed by atoms with Gasteiger partial charge in [-0.1, -0.05) is 24.3 Å². The van der Waals surface area contributed by atoms with E-state index >= 15 is 0 Å². The van der Waals surface area contributed by atoms with Gasteiger partial charge < -0.3 is 24.2 Å². The second-order valence-corrected chi connectivity index (χ2v) is 5.28. The Hall–Kier alpha value is -0.0800. The number of hydrogen-bond donors (Lipinski definition) is 1. The fourth-order valence-electron chi connectivity index (χ4n) is 1.59. The first-order valence-electron chi connectivity index (χ1n) is 5.99. The summed E-state index contributed by atoms with van der Waals surface area (Å²) in [7, 11) is -4.81. The first-order chi connectivity index (χ1) is 9.92. The molecule has 0 bridgehead atoms. The zero-order chi connectivity index (χ0) is 15.3. The number of hydrogen-bond acceptors (Lipinski definition) is 6. The number of phosphoric acid groups is 1. The molecule has 0 spiro atoms. The average Bonchev–Trinajstić information content (AvgIpc) is 2.89. The normalized spacial score (nSPS) is 15.7. The van der Waals surface area contributed by atoms with Crippen LogP contribution in [0.3, 0.4) is 0 Å². The molecule has 1 aliphatic carbocycles. The van der Waals surface area contributed by atoms with Gasteiger partial charge in [0.2, 0.25) is 0 Å². The smallest absolute Gasteiger partial charge is 0.746 e. The number of nitrogens with zero attached hydrogens (tertiary/aromatic N) is 1. The topological polar surface area (TPSA) is 114 Å². The van der Waals surface area contributed by atoms with E-state index < -0.39 is 13.9 Å². The molecule has 10 heteroatoms. The van der Waals surface area contributed by atoms with E-state index in [-0.39, 0.29) is 71.5 Å². The fraction of sp³-hybridized carbons (Fsp3) is 0.154. The minimum Gasteiger partial charge on any atom is -0.746 e. The SMILES string of the molecule is O=P([O-])(O)Oc1ccc(COC([O-])=NC2=CC=CC2)cc1.[Na+].[Na+]. The molecule has 1 unspecified atom stereocenters. The molecule has 0 saturated carbocycles. The second kappa shape index (κ2) is 10.7. The van der Waals surface area contributed by atoms with Crippen molar-refractivity contribution in [3.05, 3.63) is 53.8 Å². The predicted molar refractivity (Wildman–Crippen MR) is 71.0 cm³/mol. The Balaban J connectivity index is 0.00000242. The number of benzene rings is 1. The molecule has 0 aliphatic heterocycles. The van der Waals surface area contributed by atoms with E-state index in [1.54, 1.807) is 12.2 Å². The molecule has 0 aromatic heterocycles. The number of aliphatic imine (C=N–C) groups is 1. The molecular weight excluding hydrogens is 343 g/mol. The van der Waals surface area contributed by atoms with Gasteiger partial charge >= 0.3 is 66.9 Å². The molecule has 1 aliphatic rings. The Morgan fingerprint density at radius 2 is 1.96 bits per heavy atom. The molecule has 1 atom stereocenters. The summed E-state index contributed by atoms with van der Waals surface area (Å²) in [5.74, 6) is -0.0298. The van der Waals surface area contributed by atoms with Gasteiger partial charge in [-0.05, 0) is 23.8 Å². The van der Waals surface area contributed by atoms with Crippen LogP contribution in [0.2, 0.25) is 0 Å². The number of rotatable bonds is 5. The van der Waals surface area contributed by atoms with E-state index in [1.807, 2.05) is 6.08 Å². The van der Waals surface area contributed by atoms with Gasteiger partial charge in [0.25, 0.3) is 0 Å². The van der Waals surface area contributed by atoms with Gasteiger partial charge in [0, 0.05) is 18.7 Å². The van der Waals surface area contributed by atoms with Crippen molar-refractivity contribution in [2.45, 2.75) is 13.0 Å². The van der Waals surface area contributed by atoms with Crippen LogP contribution in [0.15, 0.2) is 53.2 Å². The van der Waals surface area contributed by atoms with Crippen molar-refractivity contribution in [1.29, 1.82) is 0 Å². The third-order valence-electron chi connectivity index (χ3n) is 2.49. The largest absolute Gasteiger partial charge is 1.00 e. The summed E-state index contributed by atoms with van der Waals surface area (Å²) in [5, 5.41) is 11.4. The standard InChI is InChI=1S/C13H14NO6P.2Na/c15-13(14-11-3-1-2-4-11)19-9-10-5-7-12(8-6-10)20-21(16,17)18;;/h1-3,5-8H,4,9H2,(H,14,15)(H2,16,17,18);;/q;2*+1/p-2. The Labute approximate surface area is 177 Å². The van der Waals surface area contributed by atoms with E-state index in [2.05, 4.69) is 9.52 Å². The first-order valence-corrected chi connectivity index (χ1v) is 7.48. The number of allylic oxidation sites excluding steroid dienone is 3. The fourth-order valence-corrected chi connectivity index (χ4v) is 1.98. The van der Waals surface area contributed by atoms with Crippen LogP contribution in [-0.4, -0.2) is 11.0 Å². The summed E-state index contributed by atoms with van der Waals surface area (Å²) < 4.78 is 19.8. The minimum absolute atomic E-state index is 0. The summed E-state index contributed by atoms with van der Waals surface area (Å²) in [6.07, 6.45) is 5.33. The zero-order valence-electron chi connectivity index (χ0n) is 12.8. The molecule has 7 nitrogen and oxygen atoms in total. The van der Waals surface area contributed by atoms with Gasteiger partial charge in [-0.2, -0.15) is 0 Å². The van der Waals surface area contributed by atoms with Gasteiger partial charge in [-0.15, -0.1) is 0 Å². The van der Waals surface area contributed by atoms with E-state index in [0.717, 1.165) is 0 Å². The van der Waals surface area contributed by atoms with Gasteiger partial charge in [-0.3, -0.25) is 4.57 Å². The van der Waals surface area contributed by atoms with E-state index in [4.69, 9.17) is 9.63 Å². The summed E-state index contributed by atoms with van der Waals surface area (Å²) >= 11 is 0. The Morgan fingerprint density at radius 3 is 2.48 bits per heavy atom. The first kappa shape index (κ1) is 22.9. The molecule has 112 valence electrons. The van der Waals surface area contributed by atoms with Gasteiger partial charge in [0.15, 0.2) is 6.08 Å². The third-order valence-corrected chi connectivity index (χ3v) is 2.93. The third kappa shape index (κ3) is 9.10. The van der Waals surface area contributed by atoms with Crippen molar-refractivity contribution in [1.82, 2.24) is 0 Å². The van der Waals surface area contributed by atoms with Crippen LogP contribution >= 0.6 is 7.82 Å². The zero-order valence-corrected chi connectivity index (χ0v) is 17.7. The van der Waals surface area contributed by atoms with Crippen LogP contribution in [0.25, 0.3) is 0 Å². The van der Waals surface area contributed by atoms with Gasteiger partial charge in [0.05, 0.1) is 0 Å². The molecule has 0 saturated heterocycles. The number of phosphoric ester groups is 1. The molecule has 0 heterocycles. The van der Waals surface area contributed by atoms with Crippen molar-refractivity contribution in [3.8, 4) is 5.75 Å². The van der Waals surface area contributed by atoms with Crippen molar-refractivity contribution in [2.75, 3.05) is 0 Å². The maximum absolute atomic E-state index is 11.4. The second-order valence-electron chi connectivity index (χ2n) is 4.16. The average molecular weight is 355 g/mol. The Kier molecular flexibility index (Phi) is 10.7. The molecular formula is C13H12NNa2O6P. The molecule has 1 aromatic carbocycles. The van der Waals surface area contributed by atoms with Gasteiger partial charge in [-0.25, -0.2) is 4.99 Å². The van der Waals surface area contributed by atoms with Crippen molar-refractivity contribution < 1.29 is 87.8 Å². The van der Waals surface area contributed by atoms with Gasteiger partial charge in [0.1, 0.15) is 5.75 Å². The molecule has 0 amide bonds. The Bertz CT molecular complexity index is 638. The Morgan fingerprint density at radius 1 is 1.30 bits per heavy atom. The monoisotopic (exact) mass is 355 g/mol. The van der Waals surface area contributed by atoms with Crippen LogP contribution in [0.5, 0.6) is 5.75 Å². The maximum Gasteiger partial charge on any atom is 1.00 e. The van der Waals surface area contributed by atoms with E-state index in [0.29, 0.717) is 17.7 Å². The molecule has 23 heavy (non-hydrogen) atoms. The molecule has 0 radical (unpaired) electrons. The molecule has 1 N–H and O–H groups in total. The molecule has 0 fully saturated rings. The van der Waals surface area contributed by atoms with Crippen LogP contribution in [0, 0.1) is 0 Å².